The fraction of sp³-hybridized carbons (Fsp3) is 0.750. The van der Waals surface area contributed by atoms with Crippen LogP contribution in [0.3, 0.4) is 0 Å². The van der Waals surface area contributed by atoms with Crippen molar-refractivity contribution in [1.29, 1.82) is 0 Å². The van der Waals surface area contributed by atoms with Gasteiger partial charge >= 0.3 is 12.1 Å². The van der Waals surface area contributed by atoms with E-state index in [4.69, 9.17) is 0 Å². The molecule has 0 spiro atoms. The third kappa shape index (κ3) is 3.25. The van der Waals surface area contributed by atoms with E-state index in [1.807, 2.05) is 0 Å². The molecule has 0 aromatic carbocycles. The highest BCUT2D eigenvalue weighted by molar-refractivity contribution is 5.12. The smallest absolute Gasteiger partial charge is 0.378 e. The van der Waals surface area contributed by atoms with Crippen molar-refractivity contribution in [1.82, 2.24) is 0 Å². The summed E-state index contributed by atoms with van der Waals surface area (Å²) >= 11 is 0. The zero-order chi connectivity index (χ0) is 11.4. The Morgan fingerprint density at radius 2 is 1.71 bits per heavy atom. The normalized spacial score (nSPS) is 14.6. The molecule has 0 aliphatic rings. The highest BCUT2D eigenvalue weighted by Crippen LogP contribution is 2.40. The third-order valence-electron chi connectivity index (χ3n) is 1.56. The average molecular weight is 218 g/mol. The van der Waals surface area contributed by atoms with E-state index in [1.54, 1.807) is 6.92 Å². The number of alkyl halides is 5. The highest BCUT2D eigenvalue weighted by Gasteiger charge is 2.58. The first-order valence-electron chi connectivity index (χ1n) is 3.93. The number of hydrogen-bond acceptors (Lipinski definition) is 1. The Balaban J connectivity index is 4.50. The minimum Gasteiger partial charge on any atom is -0.378 e. The lowest BCUT2D eigenvalue weighted by atomic mass is 10.1. The van der Waals surface area contributed by atoms with Gasteiger partial charge in [-0.15, -0.1) is 0 Å². The number of ether oxygens (including phenoxy) is 1. The molecule has 0 fully saturated rings. The van der Waals surface area contributed by atoms with E-state index < -0.39 is 17.7 Å². The maximum absolute atomic E-state index is 12.5. The van der Waals surface area contributed by atoms with Gasteiger partial charge in [-0.05, 0) is 13.8 Å². The van der Waals surface area contributed by atoms with Gasteiger partial charge in [0.1, 0.15) is 0 Å². The molecule has 0 saturated carbocycles. The molecule has 0 aliphatic heterocycles. The van der Waals surface area contributed by atoms with E-state index in [0.717, 1.165) is 13.0 Å². The van der Waals surface area contributed by atoms with Gasteiger partial charge in [-0.3, -0.25) is 0 Å². The number of hydrogen-bond donors (Lipinski definition) is 0. The predicted molar refractivity (Wildman–Crippen MR) is 41.3 cm³/mol. The molecule has 6 heteroatoms. The first kappa shape index (κ1) is 13.4. The second-order valence-electron chi connectivity index (χ2n) is 2.62. The molecule has 0 saturated heterocycles. The molecule has 0 aromatic rings. The minimum atomic E-state index is -5.54. The Kier molecular flexibility index (Phi) is 4.51. The van der Waals surface area contributed by atoms with Gasteiger partial charge in [-0.1, -0.05) is 6.08 Å². The Hall–Kier alpha value is -0.650. The first-order chi connectivity index (χ1) is 6.23. The molecule has 0 radical (unpaired) electrons. The molecular weight excluding hydrogens is 207 g/mol. The molecule has 14 heavy (non-hydrogen) atoms. The molecule has 0 amide bonds. The van der Waals surface area contributed by atoms with Gasteiger partial charge in [0.2, 0.25) is 0 Å². The number of halogens is 5. The fourth-order valence-electron chi connectivity index (χ4n) is 0.654. The lowest BCUT2D eigenvalue weighted by Gasteiger charge is -2.20. The summed E-state index contributed by atoms with van der Waals surface area (Å²) in [6.07, 6.45) is -4.81. The van der Waals surface area contributed by atoms with E-state index in [9.17, 15) is 22.0 Å². The van der Waals surface area contributed by atoms with E-state index >= 15 is 0 Å². The number of allylic oxidation sites excluding steroid dienone is 1. The van der Waals surface area contributed by atoms with Gasteiger partial charge in [-0.25, -0.2) is 0 Å². The van der Waals surface area contributed by atoms with Crippen molar-refractivity contribution in [2.24, 2.45) is 0 Å². The van der Waals surface area contributed by atoms with E-state index in [-0.39, 0.29) is 13.2 Å². The standard InChI is InChI=1S/C8H11F5O/c1-3-14-5-4-6(2)7(9,10)8(11,12)13/h4H,3,5H2,1-2H3. The molecule has 0 heterocycles. The highest BCUT2D eigenvalue weighted by atomic mass is 19.4. The van der Waals surface area contributed by atoms with Crippen LogP contribution in [-0.4, -0.2) is 25.3 Å². The van der Waals surface area contributed by atoms with Crippen LogP contribution in [0.1, 0.15) is 13.8 Å². The summed E-state index contributed by atoms with van der Waals surface area (Å²) in [7, 11) is 0. The summed E-state index contributed by atoms with van der Waals surface area (Å²) in [5.74, 6) is -4.77. The predicted octanol–water partition coefficient (Wildman–Crippen LogP) is 3.17. The Bertz CT molecular complexity index is 206. The summed E-state index contributed by atoms with van der Waals surface area (Å²) in [4.78, 5) is 0. The molecule has 0 rings (SSSR count). The summed E-state index contributed by atoms with van der Waals surface area (Å²) in [5, 5.41) is 0. The van der Waals surface area contributed by atoms with Crippen molar-refractivity contribution in [2.75, 3.05) is 13.2 Å². The lowest BCUT2D eigenvalue weighted by Crippen LogP contribution is -2.37. The second kappa shape index (κ2) is 4.72. The maximum Gasteiger partial charge on any atom is 0.457 e. The minimum absolute atomic E-state index is 0.242. The van der Waals surface area contributed by atoms with Gasteiger partial charge in [-0.2, -0.15) is 22.0 Å². The molecule has 0 aliphatic carbocycles. The Labute approximate surface area is 78.5 Å². The van der Waals surface area contributed by atoms with Crippen LogP contribution in [0.15, 0.2) is 11.6 Å². The van der Waals surface area contributed by atoms with Gasteiger partial charge in [0.05, 0.1) is 6.61 Å². The summed E-state index contributed by atoms with van der Waals surface area (Å²) in [5.41, 5.74) is -1.04. The monoisotopic (exact) mass is 218 g/mol. The summed E-state index contributed by atoms with van der Waals surface area (Å²) < 4.78 is 64.9. The number of rotatable bonds is 4. The van der Waals surface area contributed by atoms with E-state index in [2.05, 4.69) is 4.74 Å². The zero-order valence-electron chi connectivity index (χ0n) is 7.79. The SMILES string of the molecule is CCOCC=C(C)C(F)(F)C(F)(F)F. The van der Waals surface area contributed by atoms with Crippen LogP contribution in [0, 0.1) is 0 Å². The molecule has 0 bridgehead atoms. The largest absolute Gasteiger partial charge is 0.457 e. The maximum atomic E-state index is 12.5. The van der Waals surface area contributed by atoms with Crippen molar-refractivity contribution in [3.8, 4) is 0 Å². The first-order valence-corrected chi connectivity index (χ1v) is 3.93. The summed E-state index contributed by atoms with van der Waals surface area (Å²) in [6, 6.07) is 0. The average Bonchev–Trinajstić information content (AvgIpc) is 2.02. The molecule has 0 unspecified atom stereocenters. The van der Waals surface area contributed by atoms with Crippen molar-refractivity contribution in [3.63, 3.8) is 0 Å². The molecule has 0 aromatic heterocycles. The van der Waals surface area contributed by atoms with Crippen LogP contribution < -0.4 is 0 Å². The van der Waals surface area contributed by atoms with Crippen LogP contribution in [-0.2, 0) is 4.74 Å². The van der Waals surface area contributed by atoms with E-state index in [0.29, 0.717) is 0 Å². The van der Waals surface area contributed by atoms with Crippen molar-refractivity contribution in [2.45, 2.75) is 25.9 Å². The molecule has 84 valence electrons. The third-order valence-corrected chi connectivity index (χ3v) is 1.56. The van der Waals surface area contributed by atoms with Crippen LogP contribution in [0.5, 0.6) is 0 Å². The van der Waals surface area contributed by atoms with Crippen LogP contribution >= 0.6 is 0 Å². The second-order valence-corrected chi connectivity index (χ2v) is 2.62. The topological polar surface area (TPSA) is 9.23 Å². The molecular formula is C8H11F5O. The van der Waals surface area contributed by atoms with Crippen molar-refractivity contribution < 1.29 is 26.7 Å². The van der Waals surface area contributed by atoms with Gasteiger partial charge < -0.3 is 4.74 Å². The molecule has 1 nitrogen and oxygen atoms in total. The Morgan fingerprint density at radius 1 is 1.21 bits per heavy atom. The van der Waals surface area contributed by atoms with Crippen LogP contribution in [0.4, 0.5) is 22.0 Å². The van der Waals surface area contributed by atoms with Gasteiger partial charge in [0.15, 0.2) is 0 Å². The summed E-state index contributed by atoms with van der Waals surface area (Å²) in [6.45, 7) is 2.37. The van der Waals surface area contributed by atoms with E-state index in [1.165, 1.54) is 0 Å². The molecule has 0 N–H and O–H groups in total. The van der Waals surface area contributed by atoms with Gasteiger partial charge in [0, 0.05) is 12.2 Å². The lowest BCUT2D eigenvalue weighted by molar-refractivity contribution is -0.264. The van der Waals surface area contributed by atoms with Crippen molar-refractivity contribution >= 4 is 0 Å². The Morgan fingerprint density at radius 3 is 2.07 bits per heavy atom. The van der Waals surface area contributed by atoms with Crippen molar-refractivity contribution in [3.05, 3.63) is 11.6 Å². The van der Waals surface area contributed by atoms with Crippen LogP contribution in [0.25, 0.3) is 0 Å². The van der Waals surface area contributed by atoms with Crippen LogP contribution in [0.2, 0.25) is 0 Å². The van der Waals surface area contributed by atoms with Gasteiger partial charge in [0.25, 0.3) is 0 Å². The fourth-order valence-corrected chi connectivity index (χ4v) is 0.654. The zero-order valence-corrected chi connectivity index (χ0v) is 7.79. The quantitative estimate of drug-likeness (QED) is 0.400. The molecule has 0 atom stereocenters.